The highest BCUT2D eigenvalue weighted by atomic mass is 16.4. The van der Waals surface area contributed by atoms with Crippen molar-refractivity contribution < 1.29 is 9.90 Å². The molecule has 13 heavy (non-hydrogen) atoms. The number of carboxylic acid groups (broad SMARTS) is 1. The van der Waals surface area contributed by atoms with Crippen LogP contribution < -0.4 is 16.8 Å². The molecule has 70 valence electrons. The Morgan fingerprint density at radius 3 is 2.77 bits per heavy atom. The van der Waals surface area contributed by atoms with Gasteiger partial charge in [0.05, 0.1) is 0 Å². The summed E-state index contributed by atoms with van der Waals surface area (Å²) >= 11 is 0. The van der Waals surface area contributed by atoms with Crippen LogP contribution >= 0.6 is 0 Å². The molecular formula is C8H11N3O2. The van der Waals surface area contributed by atoms with Crippen LogP contribution in [0.1, 0.15) is 5.56 Å². The van der Waals surface area contributed by atoms with Gasteiger partial charge >= 0.3 is 6.09 Å². The summed E-state index contributed by atoms with van der Waals surface area (Å²) in [6.07, 6.45) is -1.08. The van der Waals surface area contributed by atoms with Crippen LogP contribution in [0.2, 0.25) is 0 Å². The summed E-state index contributed by atoms with van der Waals surface area (Å²) in [4.78, 5) is 10.2. The third-order valence-corrected chi connectivity index (χ3v) is 1.60. The van der Waals surface area contributed by atoms with Crippen molar-refractivity contribution in [2.24, 2.45) is 0 Å². The second-order valence-electron chi connectivity index (χ2n) is 2.62. The molecule has 0 spiro atoms. The predicted molar refractivity (Wildman–Crippen MR) is 50.1 cm³/mol. The molecule has 0 bridgehead atoms. The van der Waals surface area contributed by atoms with Gasteiger partial charge in [-0.3, -0.25) is 0 Å². The highest BCUT2D eigenvalue weighted by Gasteiger charge is 2.01. The minimum absolute atomic E-state index is 0.173. The van der Waals surface area contributed by atoms with Crippen LogP contribution in [0, 0.1) is 0 Å². The quantitative estimate of drug-likeness (QED) is 0.502. The maximum Gasteiger partial charge on any atom is 0.404 e. The minimum atomic E-state index is -1.08. The van der Waals surface area contributed by atoms with Crippen molar-refractivity contribution in [2.45, 2.75) is 6.54 Å². The van der Waals surface area contributed by atoms with Crippen molar-refractivity contribution in [1.29, 1.82) is 0 Å². The van der Waals surface area contributed by atoms with Crippen LogP contribution in [0.5, 0.6) is 0 Å². The van der Waals surface area contributed by atoms with E-state index >= 15 is 0 Å². The fourth-order valence-electron chi connectivity index (χ4n) is 0.950. The van der Waals surface area contributed by atoms with Crippen LogP contribution in [0.4, 0.5) is 16.2 Å². The van der Waals surface area contributed by atoms with Gasteiger partial charge in [-0.2, -0.15) is 0 Å². The lowest BCUT2D eigenvalue weighted by atomic mass is 10.1. The van der Waals surface area contributed by atoms with Gasteiger partial charge in [0.15, 0.2) is 0 Å². The average Bonchev–Trinajstić information content (AvgIpc) is 2.06. The molecule has 0 atom stereocenters. The molecule has 1 rings (SSSR count). The normalized spacial score (nSPS) is 9.54. The zero-order valence-corrected chi connectivity index (χ0v) is 6.95. The molecule has 5 nitrogen and oxygen atoms in total. The van der Waals surface area contributed by atoms with E-state index < -0.39 is 6.09 Å². The number of anilines is 2. The summed E-state index contributed by atoms with van der Waals surface area (Å²) in [5.74, 6) is 0. The first kappa shape index (κ1) is 9.18. The summed E-state index contributed by atoms with van der Waals surface area (Å²) < 4.78 is 0. The SMILES string of the molecule is Nc1ccc(N)c(CNC(=O)O)c1. The van der Waals surface area contributed by atoms with Crippen molar-refractivity contribution in [2.75, 3.05) is 11.5 Å². The van der Waals surface area contributed by atoms with E-state index in [0.29, 0.717) is 16.9 Å². The smallest absolute Gasteiger partial charge is 0.404 e. The predicted octanol–water partition coefficient (Wildman–Crippen LogP) is 0.619. The van der Waals surface area contributed by atoms with Crippen molar-refractivity contribution in [3.05, 3.63) is 23.8 Å². The molecule has 0 saturated heterocycles. The molecule has 0 aliphatic heterocycles. The molecular weight excluding hydrogens is 170 g/mol. The van der Waals surface area contributed by atoms with Crippen molar-refractivity contribution in [3.63, 3.8) is 0 Å². The summed E-state index contributed by atoms with van der Waals surface area (Å²) in [7, 11) is 0. The molecule has 0 fully saturated rings. The standard InChI is InChI=1S/C8H11N3O2/c9-6-1-2-7(10)5(3-6)4-11-8(12)13/h1-3,11H,4,9-10H2,(H,12,13). The Labute approximate surface area is 75.3 Å². The van der Waals surface area contributed by atoms with E-state index in [9.17, 15) is 4.79 Å². The number of nitrogens with two attached hydrogens (primary N) is 2. The first-order valence-corrected chi connectivity index (χ1v) is 3.70. The molecule has 0 aliphatic rings. The molecule has 0 unspecified atom stereocenters. The Balaban J connectivity index is 2.75. The number of carbonyl (C=O) groups is 1. The van der Waals surface area contributed by atoms with Gasteiger partial charge in [0.2, 0.25) is 0 Å². The number of nitrogen functional groups attached to an aromatic ring is 2. The van der Waals surface area contributed by atoms with E-state index in [-0.39, 0.29) is 6.54 Å². The van der Waals surface area contributed by atoms with Crippen molar-refractivity contribution >= 4 is 17.5 Å². The molecule has 1 aromatic rings. The van der Waals surface area contributed by atoms with E-state index in [2.05, 4.69) is 5.32 Å². The molecule has 0 radical (unpaired) electrons. The van der Waals surface area contributed by atoms with Crippen molar-refractivity contribution in [1.82, 2.24) is 5.32 Å². The third kappa shape index (κ3) is 2.55. The first-order valence-electron chi connectivity index (χ1n) is 3.70. The van der Waals surface area contributed by atoms with Crippen LogP contribution in [0.15, 0.2) is 18.2 Å². The number of hydrogen-bond acceptors (Lipinski definition) is 3. The Kier molecular flexibility index (Phi) is 2.59. The number of hydrogen-bond donors (Lipinski definition) is 4. The molecule has 6 N–H and O–H groups in total. The summed E-state index contributed by atoms with van der Waals surface area (Å²) in [6.45, 7) is 0.173. The van der Waals surface area contributed by atoms with Gasteiger partial charge in [-0.05, 0) is 23.8 Å². The zero-order valence-electron chi connectivity index (χ0n) is 6.95. The number of benzene rings is 1. The van der Waals surface area contributed by atoms with E-state index in [1.54, 1.807) is 18.2 Å². The summed E-state index contributed by atoms with van der Waals surface area (Å²) in [5, 5.41) is 10.6. The van der Waals surface area contributed by atoms with Gasteiger partial charge in [-0.15, -0.1) is 0 Å². The van der Waals surface area contributed by atoms with Gasteiger partial charge < -0.3 is 21.9 Å². The number of rotatable bonds is 2. The second kappa shape index (κ2) is 3.66. The Morgan fingerprint density at radius 1 is 1.46 bits per heavy atom. The minimum Gasteiger partial charge on any atom is -0.465 e. The topological polar surface area (TPSA) is 101 Å². The fourth-order valence-corrected chi connectivity index (χ4v) is 0.950. The molecule has 0 heterocycles. The number of amides is 1. The van der Waals surface area contributed by atoms with E-state index in [1.807, 2.05) is 0 Å². The van der Waals surface area contributed by atoms with Crippen LogP contribution in [-0.2, 0) is 6.54 Å². The Morgan fingerprint density at radius 2 is 2.15 bits per heavy atom. The Bertz CT molecular complexity index is 325. The lowest BCUT2D eigenvalue weighted by Crippen LogP contribution is -2.20. The van der Waals surface area contributed by atoms with Crippen LogP contribution in [0.25, 0.3) is 0 Å². The zero-order chi connectivity index (χ0) is 9.84. The molecule has 1 aromatic carbocycles. The largest absolute Gasteiger partial charge is 0.465 e. The van der Waals surface area contributed by atoms with Crippen LogP contribution in [-0.4, -0.2) is 11.2 Å². The van der Waals surface area contributed by atoms with E-state index in [0.717, 1.165) is 0 Å². The summed E-state index contributed by atoms with van der Waals surface area (Å²) in [5.41, 5.74) is 12.9. The van der Waals surface area contributed by atoms with E-state index in [4.69, 9.17) is 16.6 Å². The lowest BCUT2D eigenvalue weighted by Gasteiger charge is -2.05. The third-order valence-electron chi connectivity index (χ3n) is 1.60. The van der Waals surface area contributed by atoms with Gasteiger partial charge in [0.25, 0.3) is 0 Å². The molecule has 1 amide bonds. The molecule has 5 heteroatoms. The second-order valence-corrected chi connectivity index (χ2v) is 2.62. The highest BCUT2D eigenvalue weighted by Crippen LogP contribution is 2.14. The van der Waals surface area contributed by atoms with Gasteiger partial charge in [-0.25, -0.2) is 4.79 Å². The van der Waals surface area contributed by atoms with Gasteiger partial charge in [-0.1, -0.05) is 0 Å². The summed E-state index contributed by atoms with van der Waals surface area (Å²) in [6, 6.07) is 4.96. The van der Waals surface area contributed by atoms with Crippen molar-refractivity contribution in [3.8, 4) is 0 Å². The molecule has 0 aliphatic carbocycles. The Hall–Kier alpha value is -1.91. The molecule has 0 saturated carbocycles. The fraction of sp³-hybridized carbons (Fsp3) is 0.125. The monoisotopic (exact) mass is 181 g/mol. The average molecular weight is 181 g/mol. The first-order chi connectivity index (χ1) is 6.09. The maximum absolute atomic E-state index is 10.2. The molecule has 0 aromatic heterocycles. The van der Waals surface area contributed by atoms with Gasteiger partial charge in [0.1, 0.15) is 0 Å². The number of nitrogens with one attached hydrogen (secondary N) is 1. The lowest BCUT2D eigenvalue weighted by molar-refractivity contribution is 0.194. The van der Waals surface area contributed by atoms with Crippen LogP contribution in [0.3, 0.4) is 0 Å². The van der Waals surface area contributed by atoms with Gasteiger partial charge in [0, 0.05) is 17.9 Å². The van der Waals surface area contributed by atoms with E-state index in [1.165, 1.54) is 0 Å². The highest BCUT2D eigenvalue weighted by molar-refractivity contribution is 5.65. The maximum atomic E-state index is 10.2.